The Hall–Kier alpha value is -2.18. The van der Waals surface area contributed by atoms with Gasteiger partial charge in [0.05, 0.1) is 7.11 Å². The average Bonchev–Trinajstić information content (AvgIpc) is 2.36. The van der Waals surface area contributed by atoms with E-state index >= 15 is 0 Å². The fourth-order valence-corrected chi connectivity index (χ4v) is 1.39. The van der Waals surface area contributed by atoms with Gasteiger partial charge in [0.2, 0.25) is 5.82 Å². The van der Waals surface area contributed by atoms with Gasteiger partial charge in [-0.3, -0.25) is 0 Å². The first-order valence-corrected chi connectivity index (χ1v) is 5.78. The Morgan fingerprint density at radius 1 is 1.47 bits per heavy atom. The Morgan fingerprint density at radius 2 is 2.11 bits per heavy atom. The van der Waals surface area contributed by atoms with Crippen LogP contribution < -0.4 is 5.32 Å². The van der Waals surface area contributed by atoms with Gasteiger partial charge in [-0.05, 0) is 20.3 Å². The molecule has 1 aromatic heterocycles. The summed E-state index contributed by atoms with van der Waals surface area (Å²) in [6.45, 7) is 4.98. The molecular weight excluding hydrogens is 250 g/mol. The van der Waals surface area contributed by atoms with E-state index in [4.69, 9.17) is 0 Å². The van der Waals surface area contributed by atoms with E-state index in [9.17, 15) is 14.7 Å². The average molecular weight is 267 g/mol. The summed E-state index contributed by atoms with van der Waals surface area (Å²) < 4.78 is 4.54. The Kier molecular flexibility index (Phi) is 4.42. The number of carbonyl (C=O) groups excluding carboxylic acids is 1. The molecule has 1 aromatic rings. The molecule has 0 aliphatic rings. The fraction of sp³-hybridized carbons (Fsp3) is 0.500. The van der Waals surface area contributed by atoms with E-state index in [2.05, 4.69) is 20.0 Å². The number of hydrogen-bond donors (Lipinski definition) is 2. The number of carbonyl (C=O) groups is 2. The third-order valence-electron chi connectivity index (χ3n) is 2.81. The van der Waals surface area contributed by atoms with E-state index in [0.717, 1.165) is 0 Å². The summed E-state index contributed by atoms with van der Waals surface area (Å²) in [5, 5.41) is 12.0. The van der Waals surface area contributed by atoms with Crippen LogP contribution in [0.3, 0.4) is 0 Å². The summed E-state index contributed by atoms with van der Waals surface area (Å²) in [5.74, 6) is -1.49. The summed E-state index contributed by atoms with van der Waals surface area (Å²) in [6.07, 6.45) is 0.360. The molecule has 1 atom stereocenters. The SMILES string of the molecule is CCC(C)(Nc1cc(C)nc(C(=O)OC)n1)C(=O)O. The molecule has 19 heavy (non-hydrogen) atoms. The highest BCUT2D eigenvalue weighted by Gasteiger charge is 2.31. The normalized spacial score (nSPS) is 13.5. The summed E-state index contributed by atoms with van der Waals surface area (Å²) >= 11 is 0. The maximum Gasteiger partial charge on any atom is 0.376 e. The molecule has 0 spiro atoms. The van der Waals surface area contributed by atoms with Crippen LogP contribution in [0.25, 0.3) is 0 Å². The van der Waals surface area contributed by atoms with Crippen molar-refractivity contribution in [3.05, 3.63) is 17.6 Å². The quantitative estimate of drug-likeness (QED) is 0.774. The smallest absolute Gasteiger partial charge is 0.376 e. The number of aryl methyl sites for hydroxylation is 1. The maximum atomic E-state index is 11.4. The summed E-state index contributed by atoms with van der Waals surface area (Å²) in [4.78, 5) is 30.5. The van der Waals surface area contributed by atoms with E-state index in [1.165, 1.54) is 7.11 Å². The van der Waals surface area contributed by atoms with E-state index in [1.54, 1.807) is 26.8 Å². The van der Waals surface area contributed by atoms with Gasteiger partial charge in [0, 0.05) is 11.8 Å². The molecule has 0 aliphatic carbocycles. The molecule has 1 rings (SSSR count). The third-order valence-corrected chi connectivity index (χ3v) is 2.81. The topological polar surface area (TPSA) is 101 Å². The molecule has 0 saturated carbocycles. The highest BCUT2D eigenvalue weighted by molar-refractivity contribution is 5.86. The predicted octanol–water partition coefficient (Wildman–Crippen LogP) is 1.24. The number of carboxylic acid groups (broad SMARTS) is 1. The van der Waals surface area contributed by atoms with Crippen LogP contribution in [0.2, 0.25) is 0 Å². The highest BCUT2D eigenvalue weighted by Crippen LogP contribution is 2.18. The minimum Gasteiger partial charge on any atom is -0.480 e. The molecule has 0 amide bonds. The van der Waals surface area contributed by atoms with Gasteiger partial charge in [0.15, 0.2) is 0 Å². The minimum atomic E-state index is -1.16. The van der Waals surface area contributed by atoms with Crippen molar-refractivity contribution in [2.24, 2.45) is 0 Å². The Bertz CT molecular complexity index is 504. The lowest BCUT2D eigenvalue weighted by Crippen LogP contribution is -2.43. The van der Waals surface area contributed by atoms with Gasteiger partial charge in [-0.25, -0.2) is 19.6 Å². The third kappa shape index (κ3) is 3.40. The fourth-order valence-electron chi connectivity index (χ4n) is 1.39. The van der Waals surface area contributed by atoms with Crippen molar-refractivity contribution in [3.63, 3.8) is 0 Å². The lowest BCUT2D eigenvalue weighted by Gasteiger charge is -2.25. The molecule has 0 aliphatic heterocycles. The van der Waals surface area contributed by atoms with Crippen LogP contribution in [0.15, 0.2) is 6.07 Å². The van der Waals surface area contributed by atoms with Crippen molar-refractivity contribution >= 4 is 17.8 Å². The van der Waals surface area contributed by atoms with Crippen molar-refractivity contribution in [2.45, 2.75) is 32.7 Å². The zero-order valence-corrected chi connectivity index (χ0v) is 11.4. The first-order chi connectivity index (χ1) is 8.82. The van der Waals surface area contributed by atoms with Gasteiger partial charge in [-0.1, -0.05) is 6.92 Å². The lowest BCUT2D eigenvalue weighted by molar-refractivity contribution is -0.141. The minimum absolute atomic E-state index is 0.103. The van der Waals surface area contributed by atoms with E-state index in [-0.39, 0.29) is 11.6 Å². The zero-order valence-electron chi connectivity index (χ0n) is 11.4. The van der Waals surface area contributed by atoms with Gasteiger partial charge in [-0.15, -0.1) is 0 Å². The van der Waals surface area contributed by atoms with Crippen molar-refractivity contribution in [1.29, 1.82) is 0 Å². The molecule has 7 heteroatoms. The van der Waals surface area contributed by atoms with Gasteiger partial charge >= 0.3 is 11.9 Å². The van der Waals surface area contributed by atoms with Gasteiger partial charge in [0.25, 0.3) is 0 Å². The molecule has 0 fully saturated rings. The van der Waals surface area contributed by atoms with Gasteiger partial charge in [-0.2, -0.15) is 0 Å². The molecule has 0 bridgehead atoms. The number of ether oxygens (including phenoxy) is 1. The van der Waals surface area contributed by atoms with Crippen molar-refractivity contribution < 1.29 is 19.4 Å². The lowest BCUT2D eigenvalue weighted by atomic mass is 9.99. The summed E-state index contributed by atoms with van der Waals surface area (Å²) in [7, 11) is 1.23. The number of rotatable bonds is 5. The molecule has 2 N–H and O–H groups in total. The molecule has 0 aromatic carbocycles. The van der Waals surface area contributed by atoms with Crippen LogP contribution in [0.4, 0.5) is 5.82 Å². The molecule has 1 heterocycles. The Balaban J connectivity index is 3.11. The number of anilines is 1. The standard InChI is InChI=1S/C12H17N3O4/c1-5-12(3,11(17)18)15-8-6-7(2)13-9(14-8)10(16)19-4/h6H,5H2,1-4H3,(H,17,18)(H,13,14,15). The van der Waals surface area contributed by atoms with Crippen molar-refractivity contribution in [2.75, 3.05) is 12.4 Å². The van der Waals surface area contributed by atoms with Crippen LogP contribution in [-0.2, 0) is 9.53 Å². The summed E-state index contributed by atoms with van der Waals surface area (Å²) in [5.41, 5.74) is -0.615. The molecule has 7 nitrogen and oxygen atoms in total. The van der Waals surface area contributed by atoms with E-state index in [1.807, 2.05) is 0 Å². The molecule has 104 valence electrons. The maximum absolute atomic E-state index is 11.4. The largest absolute Gasteiger partial charge is 0.480 e. The first kappa shape index (κ1) is 14.9. The highest BCUT2D eigenvalue weighted by atomic mass is 16.5. The molecule has 0 saturated heterocycles. The Morgan fingerprint density at radius 3 is 2.58 bits per heavy atom. The van der Waals surface area contributed by atoms with Gasteiger partial charge in [0.1, 0.15) is 11.4 Å². The van der Waals surface area contributed by atoms with Crippen LogP contribution in [0.5, 0.6) is 0 Å². The number of aromatic nitrogens is 2. The number of aliphatic carboxylic acids is 1. The zero-order chi connectivity index (χ0) is 14.6. The van der Waals surface area contributed by atoms with Gasteiger partial charge < -0.3 is 15.2 Å². The molecule has 0 radical (unpaired) electrons. The first-order valence-electron chi connectivity index (χ1n) is 5.78. The number of methoxy groups -OCH3 is 1. The second-order valence-electron chi connectivity index (χ2n) is 4.33. The number of nitrogens with zero attached hydrogens (tertiary/aromatic N) is 2. The van der Waals surface area contributed by atoms with E-state index in [0.29, 0.717) is 12.1 Å². The van der Waals surface area contributed by atoms with Crippen molar-refractivity contribution in [1.82, 2.24) is 9.97 Å². The number of esters is 1. The van der Waals surface area contributed by atoms with E-state index < -0.39 is 17.5 Å². The molecular formula is C12H17N3O4. The molecule has 1 unspecified atom stereocenters. The second-order valence-corrected chi connectivity index (χ2v) is 4.33. The predicted molar refractivity (Wildman–Crippen MR) is 68.1 cm³/mol. The Labute approximate surface area is 111 Å². The van der Waals surface area contributed by atoms with Crippen LogP contribution in [-0.4, -0.2) is 39.7 Å². The second kappa shape index (κ2) is 5.64. The van der Waals surface area contributed by atoms with Crippen LogP contribution in [0, 0.1) is 6.92 Å². The summed E-state index contributed by atoms with van der Waals surface area (Å²) in [6, 6.07) is 1.57. The monoisotopic (exact) mass is 267 g/mol. The van der Waals surface area contributed by atoms with Crippen molar-refractivity contribution in [3.8, 4) is 0 Å². The van der Waals surface area contributed by atoms with Crippen LogP contribution in [0.1, 0.15) is 36.6 Å². The van der Waals surface area contributed by atoms with Crippen LogP contribution >= 0.6 is 0 Å². The number of nitrogens with one attached hydrogen (secondary N) is 1. The number of hydrogen-bond acceptors (Lipinski definition) is 6. The number of carboxylic acids is 1.